The molecule has 2 N–H and O–H groups in total. The van der Waals surface area contributed by atoms with Crippen molar-refractivity contribution in [2.45, 2.75) is 0 Å². The molecule has 16 heavy (non-hydrogen) atoms. The maximum atomic E-state index is 10.7. The van der Waals surface area contributed by atoms with Crippen molar-refractivity contribution < 1.29 is 15.0 Å². The van der Waals surface area contributed by atoms with Crippen LogP contribution in [0.15, 0.2) is 30.5 Å². The summed E-state index contributed by atoms with van der Waals surface area (Å²) in [6.45, 7) is 0. The van der Waals surface area contributed by atoms with Crippen LogP contribution >= 0.6 is 11.6 Å². The first-order chi connectivity index (χ1) is 7.59. The van der Waals surface area contributed by atoms with Crippen molar-refractivity contribution in [2.75, 3.05) is 0 Å². The van der Waals surface area contributed by atoms with Crippen LogP contribution in [0.3, 0.4) is 0 Å². The molecule has 0 aliphatic heterocycles. The SMILES string of the molecule is O=C(O)c1cnn(-c2ccc(Cl)cc2)c1O. The van der Waals surface area contributed by atoms with Crippen molar-refractivity contribution >= 4 is 17.6 Å². The van der Waals surface area contributed by atoms with Crippen LogP contribution in [0, 0.1) is 0 Å². The Morgan fingerprint density at radius 1 is 1.31 bits per heavy atom. The first-order valence-corrected chi connectivity index (χ1v) is 4.73. The first kappa shape index (κ1) is 10.5. The molecule has 1 aromatic heterocycles. The second-order valence-corrected chi connectivity index (χ2v) is 3.51. The molecule has 0 aliphatic rings. The van der Waals surface area contributed by atoms with Crippen LogP contribution in [0.1, 0.15) is 10.4 Å². The van der Waals surface area contributed by atoms with Crippen LogP contribution in [0.2, 0.25) is 5.02 Å². The van der Waals surface area contributed by atoms with Crippen molar-refractivity contribution in [1.82, 2.24) is 9.78 Å². The molecule has 0 amide bonds. The molecule has 0 fully saturated rings. The second kappa shape index (κ2) is 3.86. The summed E-state index contributed by atoms with van der Waals surface area (Å²) in [7, 11) is 0. The molecular formula is C10H7ClN2O3. The van der Waals surface area contributed by atoms with Crippen molar-refractivity contribution in [3.8, 4) is 11.6 Å². The molecule has 82 valence electrons. The quantitative estimate of drug-likeness (QED) is 0.838. The van der Waals surface area contributed by atoms with Gasteiger partial charge in [0.15, 0.2) is 0 Å². The van der Waals surface area contributed by atoms with Gasteiger partial charge < -0.3 is 10.2 Å². The summed E-state index contributed by atoms with van der Waals surface area (Å²) in [5, 5.41) is 22.7. The lowest BCUT2D eigenvalue weighted by atomic mass is 10.3. The number of aromatic carboxylic acids is 1. The van der Waals surface area contributed by atoms with Gasteiger partial charge in [0.2, 0.25) is 5.88 Å². The normalized spacial score (nSPS) is 10.3. The molecule has 0 radical (unpaired) electrons. The number of aromatic nitrogens is 2. The number of hydrogen-bond donors (Lipinski definition) is 2. The summed E-state index contributed by atoms with van der Waals surface area (Å²) in [5.74, 6) is -1.63. The second-order valence-electron chi connectivity index (χ2n) is 3.08. The lowest BCUT2D eigenvalue weighted by Crippen LogP contribution is -1.97. The highest BCUT2D eigenvalue weighted by Gasteiger charge is 2.16. The van der Waals surface area contributed by atoms with Gasteiger partial charge in [-0.2, -0.15) is 5.10 Å². The standard InChI is InChI=1S/C10H7ClN2O3/c11-6-1-3-7(4-2-6)13-9(14)8(5-12-13)10(15)16/h1-5,14H,(H,15,16). The van der Waals surface area contributed by atoms with Gasteiger partial charge in [-0.15, -0.1) is 0 Å². The molecule has 6 heteroatoms. The van der Waals surface area contributed by atoms with Crippen LogP contribution < -0.4 is 0 Å². The lowest BCUT2D eigenvalue weighted by Gasteiger charge is -2.02. The predicted molar refractivity (Wildman–Crippen MR) is 57.2 cm³/mol. The molecule has 1 heterocycles. The van der Waals surface area contributed by atoms with Crippen molar-refractivity contribution in [1.29, 1.82) is 0 Å². The van der Waals surface area contributed by atoms with Crippen LogP contribution in [-0.2, 0) is 0 Å². The van der Waals surface area contributed by atoms with E-state index in [1.54, 1.807) is 24.3 Å². The third-order valence-corrected chi connectivity index (χ3v) is 2.30. The smallest absolute Gasteiger partial charge is 0.342 e. The molecule has 0 spiro atoms. The summed E-state index contributed by atoms with van der Waals surface area (Å²) >= 11 is 5.71. The maximum Gasteiger partial charge on any atom is 0.342 e. The van der Waals surface area contributed by atoms with E-state index >= 15 is 0 Å². The lowest BCUT2D eigenvalue weighted by molar-refractivity contribution is 0.0693. The van der Waals surface area contributed by atoms with E-state index in [0.717, 1.165) is 10.9 Å². The van der Waals surface area contributed by atoms with E-state index in [2.05, 4.69) is 5.10 Å². The van der Waals surface area contributed by atoms with E-state index in [4.69, 9.17) is 16.7 Å². The fourth-order valence-corrected chi connectivity index (χ4v) is 1.39. The number of aromatic hydroxyl groups is 1. The maximum absolute atomic E-state index is 10.7. The molecule has 0 aliphatic carbocycles. The van der Waals surface area contributed by atoms with E-state index in [0.29, 0.717) is 10.7 Å². The Labute approximate surface area is 95.5 Å². The summed E-state index contributed by atoms with van der Waals surface area (Å²) in [4.78, 5) is 10.7. The van der Waals surface area contributed by atoms with Crippen molar-refractivity contribution in [3.63, 3.8) is 0 Å². The molecule has 0 saturated heterocycles. The number of benzene rings is 1. The average molecular weight is 239 g/mol. The highest BCUT2D eigenvalue weighted by molar-refractivity contribution is 6.30. The molecule has 1 aromatic carbocycles. The number of rotatable bonds is 2. The van der Waals surface area contributed by atoms with E-state index < -0.39 is 11.8 Å². The van der Waals surface area contributed by atoms with E-state index in [1.807, 2.05) is 0 Å². The van der Waals surface area contributed by atoms with Crippen LogP contribution in [-0.4, -0.2) is 26.0 Å². The molecule has 0 atom stereocenters. The third kappa shape index (κ3) is 1.72. The highest BCUT2D eigenvalue weighted by Crippen LogP contribution is 2.22. The average Bonchev–Trinajstić information content (AvgIpc) is 2.61. The van der Waals surface area contributed by atoms with Crippen LogP contribution in [0.5, 0.6) is 5.88 Å². The van der Waals surface area contributed by atoms with E-state index in [-0.39, 0.29) is 5.56 Å². The fourth-order valence-electron chi connectivity index (χ4n) is 1.26. The zero-order valence-corrected chi connectivity index (χ0v) is 8.72. The van der Waals surface area contributed by atoms with Crippen LogP contribution in [0.4, 0.5) is 0 Å². The van der Waals surface area contributed by atoms with Gasteiger partial charge in [0.1, 0.15) is 5.56 Å². The van der Waals surface area contributed by atoms with Gasteiger partial charge >= 0.3 is 5.97 Å². The Morgan fingerprint density at radius 3 is 2.44 bits per heavy atom. The number of hydrogen-bond acceptors (Lipinski definition) is 3. The van der Waals surface area contributed by atoms with Gasteiger partial charge in [-0.3, -0.25) is 0 Å². The molecule has 0 unspecified atom stereocenters. The number of nitrogens with zero attached hydrogens (tertiary/aromatic N) is 2. The third-order valence-electron chi connectivity index (χ3n) is 2.05. The Balaban J connectivity index is 2.49. The molecule has 2 rings (SSSR count). The number of carbonyl (C=O) groups is 1. The predicted octanol–water partition coefficient (Wildman–Crippen LogP) is 1.93. The van der Waals surface area contributed by atoms with E-state index in [1.165, 1.54) is 0 Å². The minimum atomic E-state index is -1.22. The molecule has 2 aromatic rings. The first-order valence-electron chi connectivity index (χ1n) is 4.36. The summed E-state index contributed by atoms with van der Waals surface area (Å²) in [6, 6.07) is 6.50. The fraction of sp³-hybridized carbons (Fsp3) is 0. The summed E-state index contributed by atoms with van der Waals surface area (Å²) in [6.07, 6.45) is 1.09. The number of halogens is 1. The van der Waals surface area contributed by atoms with Crippen molar-refractivity contribution in [2.24, 2.45) is 0 Å². The Morgan fingerprint density at radius 2 is 1.94 bits per heavy atom. The van der Waals surface area contributed by atoms with Gasteiger partial charge in [0.05, 0.1) is 11.9 Å². The van der Waals surface area contributed by atoms with Gasteiger partial charge in [-0.25, -0.2) is 9.48 Å². The minimum absolute atomic E-state index is 0.241. The topological polar surface area (TPSA) is 75.3 Å². The van der Waals surface area contributed by atoms with E-state index in [9.17, 15) is 9.90 Å². The number of carboxylic acids is 1. The molecule has 5 nitrogen and oxygen atoms in total. The zero-order valence-electron chi connectivity index (χ0n) is 7.96. The van der Waals surface area contributed by atoms with Crippen LogP contribution in [0.25, 0.3) is 5.69 Å². The molecule has 0 saturated carbocycles. The largest absolute Gasteiger partial charge is 0.493 e. The molecule has 0 bridgehead atoms. The highest BCUT2D eigenvalue weighted by atomic mass is 35.5. The molecular weight excluding hydrogens is 232 g/mol. The minimum Gasteiger partial charge on any atom is -0.493 e. The van der Waals surface area contributed by atoms with Gasteiger partial charge in [0.25, 0.3) is 0 Å². The van der Waals surface area contributed by atoms with Crippen molar-refractivity contribution in [3.05, 3.63) is 41.0 Å². The Hall–Kier alpha value is -2.01. The zero-order chi connectivity index (χ0) is 11.7. The van der Waals surface area contributed by atoms with Gasteiger partial charge in [-0.05, 0) is 24.3 Å². The van der Waals surface area contributed by atoms with Gasteiger partial charge in [-0.1, -0.05) is 11.6 Å². The Kier molecular flexibility index (Phi) is 2.54. The summed E-state index contributed by atoms with van der Waals surface area (Å²) in [5.41, 5.74) is 0.296. The van der Waals surface area contributed by atoms with Gasteiger partial charge in [0, 0.05) is 5.02 Å². The number of carboxylic acid groups (broad SMARTS) is 1. The monoisotopic (exact) mass is 238 g/mol. The summed E-state index contributed by atoms with van der Waals surface area (Å²) < 4.78 is 1.12. The Bertz CT molecular complexity index is 533.